The first-order chi connectivity index (χ1) is 8.83. The van der Waals surface area contributed by atoms with E-state index in [0.717, 1.165) is 39.2 Å². The second kappa shape index (κ2) is 5.29. The zero-order valence-electron chi connectivity index (χ0n) is 11.1. The fraction of sp³-hybridized carbons (Fsp3) is 0.600. The summed E-state index contributed by atoms with van der Waals surface area (Å²) in [5.41, 5.74) is 4.31. The van der Waals surface area contributed by atoms with E-state index in [-0.39, 0.29) is 0 Å². The average molecular weight is 246 g/mol. The van der Waals surface area contributed by atoms with Crippen molar-refractivity contribution < 1.29 is 4.74 Å². The van der Waals surface area contributed by atoms with E-state index in [1.54, 1.807) is 0 Å². The minimum Gasteiger partial charge on any atom is -0.384 e. The Labute approximate surface area is 109 Å². The van der Waals surface area contributed by atoms with E-state index in [2.05, 4.69) is 35.3 Å². The minimum absolute atomic E-state index is 0.359. The molecule has 98 valence electrons. The van der Waals surface area contributed by atoms with E-state index in [1.807, 2.05) is 0 Å². The Morgan fingerprint density at radius 3 is 3.33 bits per heavy atom. The van der Waals surface area contributed by atoms with Crippen LogP contribution in [0.4, 0.5) is 5.69 Å². The Hall–Kier alpha value is -1.06. The molecule has 18 heavy (non-hydrogen) atoms. The summed E-state index contributed by atoms with van der Waals surface area (Å²) in [5, 5.41) is 3.53. The molecule has 1 fully saturated rings. The first kappa shape index (κ1) is 12.0. The maximum Gasteiger partial charge on any atom is 0.0674 e. The Morgan fingerprint density at radius 1 is 1.44 bits per heavy atom. The second-order valence-electron chi connectivity index (χ2n) is 5.40. The van der Waals surface area contributed by atoms with Crippen molar-refractivity contribution in [2.24, 2.45) is 0 Å². The molecule has 1 saturated heterocycles. The van der Waals surface area contributed by atoms with Gasteiger partial charge in [-0.3, -0.25) is 4.90 Å². The van der Waals surface area contributed by atoms with Crippen LogP contribution in [0.25, 0.3) is 0 Å². The van der Waals surface area contributed by atoms with Crippen LogP contribution in [0.5, 0.6) is 0 Å². The van der Waals surface area contributed by atoms with Gasteiger partial charge in [-0.2, -0.15) is 0 Å². The van der Waals surface area contributed by atoms with Crippen LogP contribution >= 0.6 is 0 Å². The molecule has 0 spiro atoms. The van der Waals surface area contributed by atoms with Gasteiger partial charge in [-0.05, 0) is 30.9 Å². The van der Waals surface area contributed by atoms with Gasteiger partial charge in [0.2, 0.25) is 0 Å². The maximum atomic E-state index is 5.71. The number of hydrogen-bond donors (Lipinski definition) is 1. The van der Waals surface area contributed by atoms with E-state index in [0.29, 0.717) is 6.10 Å². The normalized spacial score (nSPS) is 24.4. The summed E-state index contributed by atoms with van der Waals surface area (Å²) in [6, 6.07) is 6.69. The van der Waals surface area contributed by atoms with Crippen LogP contribution in [0.3, 0.4) is 0 Å². The van der Waals surface area contributed by atoms with Crippen LogP contribution in [0, 0.1) is 0 Å². The van der Waals surface area contributed by atoms with Crippen molar-refractivity contribution in [3.05, 3.63) is 29.3 Å². The monoisotopic (exact) mass is 246 g/mol. The number of fused-ring (bicyclic) bond motifs is 1. The Morgan fingerprint density at radius 2 is 2.39 bits per heavy atom. The largest absolute Gasteiger partial charge is 0.384 e. The molecule has 0 radical (unpaired) electrons. The van der Waals surface area contributed by atoms with Crippen LogP contribution in [0.15, 0.2) is 18.2 Å². The molecule has 0 saturated carbocycles. The number of rotatable bonds is 2. The van der Waals surface area contributed by atoms with Crippen molar-refractivity contribution in [3.63, 3.8) is 0 Å². The smallest absolute Gasteiger partial charge is 0.0674 e. The molecular formula is C15H22N2O. The molecule has 2 heterocycles. The van der Waals surface area contributed by atoms with E-state index in [1.165, 1.54) is 23.2 Å². The standard InChI is InChI=1S/C15H22N2O/c1-12-10-17(8-3-9-18-12)11-14-5-2-4-13-6-7-16-15(13)14/h2,4-5,12,16H,3,6-11H2,1H3. The number of benzene rings is 1. The summed E-state index contributed by atoms with van der Waals surface area (Å²) in [7, 11) is 0. The van der Waals surface area contributed by atoms with Gasteiger partial charge < -0.3 is 10.1 Å². The average Bonchev–Trinajstić information content (AvgIpc) is 2.75. The molecule has 0 aromatic heterocycles. The van der Waals surface area contributed by atoms with Gasteiger partial charge in [-0.1, -0.05) is 18.2 Å². The first-order valence-corrected chi connectivity index (χ1v) is 7.01. The van der Waals surface area contributed by atoms with E-state index < -0.39 is 0 Å². The van der Waals surface area contributed by atoms with Gasteiger partial charge >= 0.3 is 0 Å². The van der Waals surface area contributed by atoms with Gasteiger partial charge in [-0.25, -0.2) is 0 Å². The Kier molecular flexibility index (Phi) is 3.52. The Bertz CT molecular complexity index is 419. The highest BCUT2D eigenvalue weighted by Gasteiger charge is 2.18. The summed E-state index contributed by atoms with van der Waals surface area (Å²) in [4.78, 5) is 2.52. The fourth-order valence-electron chi connectivity index (χ4n) is 3.01. The van der Waals surface area contributed by atoms with Crippen molar-refractivity contribution in [2.75, 3.05) is 31.6 Å². The van der Waals surface area contributed by atoms with Crippen molar-refractivity contribution in [1.82, 2.24) is 4.90 Å². The first-order valence-electron chi connectivity index (χ1n) is 7.01. The van der Waals surface area contributed by atoms with Gasteiger partial charge in [-0.15, -0.1) is 0 Å². The Balaban J connectivity index is 1.74. The summed E-state index contributed by atoms with van der Waals surface area (Å²) in [6.45, 7) is 7.40. The lowest BCUT2D eigenvalue weighted by Crippen LogP contribution is -2.30. The highest BCUT2D eigenvalue weighted by atomic mass is 16.5. The molecule has 1 unspecified atom stereocenters. The zero-order chi connectivity index (χ0) is 12.4. The van der Waals surface area contributed by atoms with Crippen LogP contribution in [-0.2, 0) is 17.7 Å². The SMILES string of the molecule is CC1CN(Cc2cccc3c2NCC3)CCCO1. The van der Waals surface area contributed by atoms with Crippen molar-refractivity contribution in [2.45, 2.75) is 32.4 Å². The molecule has 3 nitrogen and oxygen atoms in total. The van der Waals surface area contributed by atoms with Crippen LogP contribution in [0.1, 0.15) is 24.5 Å². The van der Waals surface area contributed by atoms with Crippen LogP contribution in [0.2, 0.25) is 0 Å². The van der Waals surface area contributed by atoms with Crippen LogP contribution in [-0.4, -0.2) is 37.2 Å². The predicted molar refractivity (Wildman–Crippen MR) is 73.9 cm³/mol. The summed E-state index contributed by atoms with van der Waals surface area (Å²) >= 11 is 0. The third-order valence-electron chi connectivity index (χ3n) is 3.86. The van der Waals surface area contributed by atoms with E-state index >= 15 is 0 Å². The minimum atomic E-state index is 0.359. The lowest BCUT2D eigenvalue weighted by Gasteiger charge is -2.23. The predicted octanol–water partition coefficient (Wildman–Crippen LogP) is 2.27. The summed E-state index contributed by atoms with van der Waals surface area (Å²) < 4.78 is 5.71. The molecule has 1 atom stereocenters. The lowest BCUT2D eigenvalue weighted by molar-refractivity contribution is 0.0668. The van der Waals surface area contributed by atoms with Gasteiger partial charge in [0.05, 0.1) is 6.10 Å². The number of nitrogens with zero attached hydrogens (tertiary/aromatic N) is 1. The van der Waals surface area contributed by atoms with Gasteiger partial charge in [0.1, 0.15) is 0 Å². The quantitative estimate of drug-likeness (QED) is 0.866. The third kappa shape index (κ3) is 2.52. The fourth-order valence-corrected chi connectivity index (χ4v) is 3.01. The topological polar surface area (TPSA) is 24.5 Å². The molecule has 1 aromatic rings. The highest BCUT2D eigenvalue weighted by molar-refractivity contribution is 5.61. The molecule has 2 aliphatic heterocycles. The highest BCUT2D eigenvalue weighted by Crippen LogP contribution is 2.27. The van der Waals surface area contributed by atoms with Gasteiger partial charge in [0.25, 0.3) is 0 Å². The van der Waals surface area contributed by atoms with Crippen molar-refractivity contribution in [1.29, 1.82) is 0 Å². The van der Waals surface area contributed by atoms with Crippen molar-refractivity contribution in [3.8, 4) is 0 Å². The lowest BCUT2D eigenvalue weighted by atomic mass is 10.1. The van der Waals surface area contributed by atoms with Crippen LogP contribution < -0.4 is 5.32 Å². The molecule has 2 aliphatic rings. The molecule has 0 amide bonds. The van der Waals surface area contributed by atoms with E-state index in [9.17, 15) is 0 Å². The van der Waals surface area contributed by atoms with Gasteiger partial charge in [0.15, 0.2) is 0 Å². The number of ether oxygens (including phenoxy) is 1. The molecule has 3 heteroatoms. The molecule has 3 rings (SSSR count). The molecule has 0 bridgehead atoms. The molecule has 1 aromatic carbocycles. The molecule has 0 aliphatic carbocycles. The summed E-state index contributed by atoms with van der Waals surface area (Å²) in [6.07, 6.45) is 2.67. The maximum absolute atomic E-state index is 5.71. The number of hydrogen-bond acceptors (Lipinski definition) is 3. The van der Waals surface area contributed by atoms with Crippen molar-refractivity contribution >= 4 is 5.69 Å². The third-order valence-corrected chi connectivity index (χ3v) is 3.86. The molecule has 1 N–H and O–H groups in total. The zero-order valence-corrected chi connectivity index (χ0v) is 11.1. The number of anilines is 1. The number of para-hydroxylation sites is 1. The number of nitrogens with one attached hydrogen (secondary N) is 1. The van der Waals surface area contributed by atoms with Gasteiger partial charge in [0, 0.05) is 38.5 Å². The second-order valence-corrected chi connectivity index (χ2v) is 5.40. The molecular weight excluding hydrogens is 224 g/mol. The van der Waals surface area contributed by atoms with E-state index in [4.69, 9.17) is 4.74 Å². The summed E-state index contributed by atoms with van der Waals surface area (Å²) in [5.74, 6) is 0.